The molecule has 0 fully saturated rings. The van der Waals surface area contributed by atoms with Crippen LogP contribution in [0.3, 0.4) is 0 Å². The normalized spacial score (nSPS) is 10.7. The highest BCUT2D eigenvalue weighted by Crippen LogP contribution is 2.20. The van der Waals surface area contributed by atoms with Crippen LogP contribution in [-0.4, -0.2) is 16.3 Å². The fourth-order valence-corrected chi connectivity index (χ4v) is 2.34. The van der Waals surface area contributed by atoms with E-state index in [1.54, 1.807) is 17.5 Å². The number of nitrogens with zero attached hydrogens (tertiary/aromatic N) is 2. The van der Waals surface area contributed by atoms with Crippen LogP contribution in [0.15, 0.2) is 30.6 Å². The molecular formula is C10H12ClN3S. The Bertz CT molecular complexity index is 396. The number of hydrogen-bond acceptors (Lipinski definition) is 3. The topological polar surface area (TPSA) is 29.9 Å². The van der Waals surface area contributed by atoms with Crippen molar-refractivity contribution >= 4 is 22.9 Å². The molecule has 0 aliphatic heterocycles. The van der Waals surface area contributed by atoms with E-state index in [1.807, 2.05) is 29.1 Å². The fourth-order valence-electron chi connectivity index (χ4n) is 1.28. The molecule has 0 spiro atoms. The third kappa shape index (κ3) is 3.34. The lowest BCUT2D eigenvalue weighted by molar-refractivity contribution is 0.557. The van der Waals surface area contributed by atoms with E-state index in [9.17, 15) is 0 Å². The molecule has 0 bridgehead atoms. The molecule has 0 radical (unpaired) electrons. The second-order valence-electron chi connectivity index (χ2n) is 3.15. The minimum atomic E-state index is 0.846. The van der Waals surface area contributed by atoms with E-state index in [4.69, 9.17) is 11.6 Å². The van der Waals surface area contributed by atoms with Gasteiger partial charge >= 0.3 is 0 Å². The van der Waals surface area contributed by atoms with Crippen LogP contribution in [0.1, 0.15) is 4.88 Å². The third-order valence-electron chi connectivity index (χ3n) is 2.00. The van der Waals surface area contributed by atoms with E-state index < -0.39 is 0 Å². The Balaban J connectivity index is 1.67. The highest BCUT2D eigenvalue weighted by Gasteiger charge is 1.97. The van der Waals surface area contributed by atoms with Crippen LogP contribution in [-0.2, 0) is 13.1 Å². The van der Waals surface area contributed by atoms with E-state index >= 15 is 0 Å². The van der Waals surface area contributed by atoms with Crippen LogP contribution in [0.5, 0.6) is 0 Å². The number of thiophene rings is 1. The summed E-state index contributed by atoms with van der Waals surface area (Å²) < 4.78 is 2.76. The highest BCUT2D eigenvalue weighted by atomic mass is 35.5. The molecule has 0 saturated carbocycles. The van der Waals surface area contributed by atoms with Gasteiger partial charge in [-0.15, -0.1) is 11.3 Å². The molecule has 2 rings (SSSR count). The van der Waals surface area contributed by atoms with Gasteiger partial charge in [0.05, 0.1) is 10.9 Å². The van der Waals surface area contributed by atoms with Gasteiger partial charge in [-0.3, -0.25) is 4.68 Å². The van der Waals surface area contributed by atoms with Gasteiger partial charge in [-0.2, -0.15) is 5.10 Å². The lowest BCUT2D eigenvalue weighted by Gasteiger charge is -2.02. The number of rotatable bonds is 5. The Hall–Kier alpha value is -0.840. The number of nitrogens with one attached hydrogen (secondary N) is 1. The summed E-state index contributed by atoms with van der Waals surface area (Å²) in [5.41, 5.74) is 0. The first kappa shape index (κ1) is 10.7. The Morgan fingerprint density at radius 3 is 3.07 bits per heavy atom. The lowest BCUT2D eigenvalue weighted by Crippen LogP contribution is -2.19. The second kappa shape index (κ2) is 5.30. The summed E-state index contributed by atoms with van der Waals surface area (Å²) in [5.74, 6) is 0. The molecule has 0 aliphatic carbocycles. The Morgan fingerprint density at radius 1 is 1.47 bits per heavy atom. The molecule has 3 nitrogen and oxygen atoms in total. The highest BCUT2D eigenvalue weighted by molar-refractivity contribution is 7.16. The molecular weight excluding hydrogens is 230 g/mol. The van der Waals surface area contributed by atoms with Crippen molar-refractivity contribution in [3.8, 4) is 0 Å². The zero-order valence-electron chi connectivity index (χ0n) is 8.19. The molecule has 0 amide bonds. The average molecular weight is 242 g/mol. The maximum Gasteiger partial charge on any atom is 0.0931 e. The molecule has 0 aliphatic rings. The van der Waals surface area contributed by atoms with E-state index in [-0.39, 0.29) is 0 Å². The van der Waals surface area contributed by atoms with Gasteiger partial charge in [-0.25, -0.2) is 0 Å². The predicted octanol–water partition coefficient (Wildman–Crippen LogP) is 2.39. The second-order valence-corrected chi connectivity index (χ2v) is 4.95. The van der Waals surface area contributed by atoms with E-state index in [0.717, 1.165) is 24.0 Å². The molecule has 2 heterocycles. The smallest absolute Gasteiger partial charge is 0.0931 e. The lowest BCUT2D eigenvalue weighted by atomic mass is 10.4. The van der Waals surface area contributed by atoms with Crippen molar-refractivity contribution in [1.82, 2.24) is 15.1 Å². The van der Waals surface area contributed by atoms with Crippen molar-refractivity contribution in [3.63, 3.8) is 0 Å². The zero-order valence-corrected chi connectivity index (χ0v) is 9.76. The number of halogens is 1. The van der Waals surface area contributed by atoms with Crippen LogP contribution in [0.2, 0.25) is 4.34 Å². The number of aromatic nitrogens is 2. The number of hydrogen-bond donors (Lipinski definition) is 1. The van der Waals surface area contributed by atoms with Gasteiger partial charge in [0.15, 0.2) is 0 Å². The third-order valence-corrected chi connectivity index (χ3v) is 3.24. The van der Waals surface area contributed by atoms with Gasteiger partial charge < -0.3 is 5.32 Å². The Kier molecular flexibility index (Phi) is 3.77. The summed E-state index contributed by atoms with van der Waals surface area (Å²) >= 11 is 7.45. The van der Waals surface area contributed by atoms with Crippen molar-refractivity contribution in [2.45, 2.75) is 13.1 Å². The van der Waals surface area contributed by atoms with Crippen molar-refractivity contribution in [2.24, 2.45) is 0 Å². The van der Waals surface area contributed by atoms with Gasteiger partial charge in [-0.1, -0.05) is 11.6 Å². The predicted molar refractivity (Wildman–Crippen MR) is 63.3 cm³/mol. The summed E-state index contributed by atoms with van der Waals surface area (Å²) in [7, 11) is 0. The minimum Gasteiger partial charge on any atom is -0.310 e. The molecule has 2 aromatic rings. The largest absolute Gasteiger partial charge is 0.310 e. The van der Waals surface area contributed by atoms with Crippen LogP contribution in [0.25, 0.3) is 0 Å². The summed E-state index contributed by atoms with van der Waals surface area (Å²) in [5, 5.41) is 7.47. The van der Waals surface area contributed by atoms with Crippen LogP contribution < -0.4 is 5.32 Å². The quantitative estimate of drug-likeness (QED) is 0.815. The Morgan fingerprint density at radius 2 is 2.40 bits per heavy atom. The molecule has 80 valence electrons. The molecule has 0 atom stereocenters. The van der Waals surface area contributed by atoms with Crippen LogP contribution in [0.4, 0.5) is 0 Å². The molecule has 1 N–H and O–H groups in total. The van der Waals surface area contributed by atoms with E-state index in [1.165, 1.54) is 4.88 Å². The maximum absolute atomic E-state index is 5.83. The average Bonchev–Trinajstić information content (AvgIpc) is 2.84. The van der Waals surface area contributed by atoms with Gasteiger partial charge in [0.2, 0.25) is 0 Å². The fraction of sp³-hybridized carbons (Fsp3) is 0.300. The molecule has 15 heavy (non-hydrogen) atoms. The zero-order chi connectivity index (χ0) is 10.5. The summed E-state index contributed by atoms with van der Waals surface area (Å²) in [4.78, 5) is 1.26. The first-order valence-corrected chi connectivity index (χ1v) is 5.96. The monoisotopic (exact) mass is 241 g/mol. The van der Waals surface area contributed by atoms with E-state index in [2.05, 4.69) is 10.4 Å². The molecule has 0 saturated heterocycles. The van der Waals surface area contributed by atoms with Gasteiger partial charge in [0.25, 0.3) is 0 Å². The van der Waals surface area contributed by atoms with Crippen molar-refractivity contribution in [2.75, 3.05) is 6.54 Å². The van der Waals surface area contributed by atoms with Crippen LogP contribution in [0, 0.1) is 0 Å². The molecule has 0 aromatic carbocycles. The summed E-state index contributed by atoms with van der Waals surface area (Å²) in [6, 6.07) is 5.91. The standard InChI is InChI=1S/C10H12ClN3S/c11-10-3-2-9(15-10)8-12-5-7-14-6-1-4-13-14/h1-4,6,12H,5,7-8H2. The SMILES string of the molecule is Clc1ccc(CNCCn2cccn2)s1. The molecule has 0 unspecified atom stereocenters. The van der Waals surface area contributed by atoms with Crippen molar-refractivity contribution < 1.29 is 0 Å². The van der Waals surface area contributed by atoms with Crippen LogP contribution >= 0.6 is 22.9 Å². The summed E-state index contributed by atoms with van der Waals surface area (Å²) in [6.07, 6.45) is 3.75. The van der Waals surface area contributed by atoms with Gasteiger partial charge in [0, 0.05) is 30.4 Å². The van der Waals surface area contributed by atoms with E-state index in [0.29, 0.717) is 0 Å². The van der Waals surface area contributed by atoms with Crippen molar-refractivity contribution in [1.29, 1.82) is 0 Å². The maximum atomic E-state index is 5.83. The van der Waals surface area contributed by atoms with Gasteiger partial charge in [-0.05, 0) is 18.2 Å². The minimum absolute atomic E-state index is 0.846. The summed E-state index contributed by atoms with van der Waals surface area (Å²) in [6.45, 7) is 2.68. The first-order chi connectivity index (χ1) is 7.34. The van der Waals surface area contributed by atoms with Gasteiger partial charge in [0.1, 0.15) is 0 Å². The molecule has 2 aromatic heterocycles. The molecule has 5 heteroatoms. The van der Waals surface area contributed by atoms with Crippen molar-refractivity contribution in [3.05, 3.63) is 39.8 Å². The first-order valence-electron chi connectivity index (χ1n) is 4.77. The Labute approximate surface area is 97.7 Å².